The number of fused-ring (bicyclic) bond motifs is 1. The number of carbonyl (C=O) groups is 4. The zero-order valence-corrected chi connectivity index (χ0v) is 16.4. The molecule has 29 heavy (non-hydrogen) atoms. The monoisotopic (exact) mass is 405 g/mol. The highest BCUT2D eigenvalue weighted by atomic mass is 16.5. The van der Waals surface area contributed by atoms with E-state index in [0.717, 1.165) is 19.8 Å². The summed E-state index contributed by atoms with van der Waals surface area (Å²) in [5.41, 5.74) is 0.722. The standard InChI is InChI=1S/C20H23NO8/c1-4-28-20(25)14-13(15(18(23)26-2)19(24)27-3)12-10-29-17(21(12)16(14)22)11-8-6-5-7-9-11/h5-9,12-15,17H,4,10H2,1-3H3/t12-,13?,14?,17-/m1/s1. The minimum atomic E-state index is -1.46. The van der Waals surface area contributed by atoms with E-state index in [9.17, 15) is 19.2 Å². The first kappa shape index (κ1) is 20.8. The van der Waals surface area contributed by atoms with Crippen LogP contribution in [0.1, 0.15) is 18.7 Å². The second-order valence-electron chi connectivity index (χ2n) is 6.74. The first-order chi connectivity index (χ1) is 14.0. The van der Waals surface area contributed by atoms with Crippen molar-refractivity contribution in [3.05, 3.63) is 35.9 Å². The van der Waals surface area contributed by atoms with Crippen LogP contribution >= 0.6 is 0 Å². The van der Waals surface area contributed by atoms with E-state index in [4.69, 9.17) is 18.9 Å². The van der Waals surface area contributed by atoms with E-state index in [1.165, 1.54) is 4.90 Å². The van der Waals surface area contributed by atoms with E-state index >= 15 is 0 Å². The van der Waals surface area contributed by atoms with E-state index in [1.807, 2.05) is 6.07 Å². The normalized spacial score (nSPS) is 25.7. The summed E-state index contributed by atoms with van der Waals surface area (Å²) in [4.78, 5) is 52.2. The van der Waals surface area contributed by atoms with Crippen molar-refractivity contribution in [2.24, 2.45) is 17.8 Å². The average molecular weight is 405 g/mol. The van der Waals surface area contributed by atoms with Crippen molar-refractivity contribution in [2.75, 3.05) is 27.4 Å². The predicted molar refractivity (Wildman–Crippen MR) is 96.9 cm³/mol. The van der Waals surface area contributed by atoms with Crippen LogP contribution in [0.3, 0.4) is 0 Å². The lowest BCUT2D eigenvalue weighted by atomic mass is 9.79. The molecule has 0 spiro atoms. The van der Waals surface area contributed by atoms with Crippen molar-refractivity contribution < 1.29 is 38.1 Å². The van der Waals surface area contributed by atoms with Gasteiger partial charge in [0.2, 0.25) is 5.91 Å². The van der Waals surface area contributed by atoms with E-state index in [1.54, 1.807) is 31.2 Å². The van der Waals surface area contributed by atoms with Gasteiger partial charge >= 0.3 is 17.9 Å². The fourth-order valence-electron chi connectivity index (χ4n) is 4.09. The first-order valence-electron chi connectivity index (χ1n) is 9.27. The number of benzene rings is 1. The van der Waals surface area contributed by atoms with Crippen LogP contribution in [0.4, 0.5) is 0 Å². The SMILES string of the molecule is CCOC(=O)C1C(=O)N2[C@@H](c3ccccc3)OC[C@@H]2C1C(C(=O)OC)C(=O)OC. The highest BCUT2D eigenvalue weighted by Gasteiger charge is 2.62. The zero-order chi connectivity index (χ0) is 21.1. The van der Waals surface area contributed by atoms with Gasteiger partial charge in [-0.3, -0.25) is 19.2 Å². The Morgan fingerprint density at radius 1 is 1.14 bits per heavy atom. The minimum absolute atomic E-state index is 0.0519. The van der Waals surface area contributed by atoms with Gasteiger partial charge < -0.3 is 23.8 Å². The molecule has 156 valence electrons. The molecule has 1 aromatic carbocycles. The number of hydrogen-bond acceptors (Lipinski definition) is 8. The predicted octanol–water partition coefficient (Wildman–Crippen LogP) is 0.684. The number of hydrogen-bond donors (Lipinski definition) is 0. The van der Waals surface area contributed by atoms with Crippen molar-refractivity contribution in [2.45, 2.75) is 19.2 Å². The third-order valence-corrected chi connectivity index (χ3v) is 5.30. The zero-order valence-electron chi connectivity index (χ0n) is 16.4. The number of amides is 1. The fourth-order valence-corrected chi connectivity index (χ4v) is 4.09. The molecule has 9 heteroatoms. The summed E-state index contributed by atoms with van der Waals surface area (Å²) in [6, 6.07) is 8.34. The third-order valence-electron chi connectivity index (χ3n) is 5.30. The van der Waals surface area contributed by atoms with Gasteiger partial charge in [0.05, 0.1) is 33.5 Å². The highest BCUT2D eigenvalue weighted by molar-refractivity contribution is 6.04. The molecular weight excluding hydrogens is 382 g/mol. The Kier molecular flexibility index (Phi) is 6.17. The van der Waals surface area contributed by atoms with Crippen LogP contribution in [0.2, 0.25) is 0 Å². The van der Waals surface area contributed by atoms with Gasteiger partial charge in [-0.15, -0.1) is 0 Å². The number of carbonyl (C=O) groups excluding carboxylic acids is 4. The number of esters is 3. The molecule has 2 unspecified atom stereocenters. The molecule has 0 bridgehead atoms. The van der Waals surface area contributed by atoms with Gasteiger partial charge in [-0.05, 0) is 6.92 Å². The summed E-state index contributed by atoms with van der Waals surface area (Å²) in [7, 11) is 2.26. The summed E-state index contributed by atoms with van der Waals surface area (Å²) in [5.74, 6) is -6.93. The molecule has 9 nitrogen and oxygen atoms in total. The topological polar surface area (TPSA) is 108 Å². The molecule has 0 aromatic heterocycles. The van der Waals surface area contributed by atoms with E-state index in [0.29, 0.717) is 0 Å². The molecule has 0 radical (unpaired) electrons. The molecule has 2 saturated heterocycles. The van der Waals surface area contributed by atoms with Crippen LogP contribution in [0.25, 0.3) is 0 Å². The summed E-state index contributed by atoms with van der Waals surface area (Å²) in [5, 5.41) is 0. The lowest BCUT2D eigenvalue weighted by molar-refractivity contribution is -0.165. The van der Waals surface area contributed by atoms with Crippen molar-refractivity contribution in [3.63, 3.8) is 0 Å². The van der Waals surface area contributed by atoms with Crippen molar-refractivity contribution in [1.29, 1.82) is 0 Å². The minimum Gasteiger partial charge on any atom is -0.468 e. The Morgan fingerprint density at radius 2 is 1.76 bits per heavy atom. The summed E-state index contributed by atoms with van der Waals surface area (Å²) < 4.78 is 20.4. The Morgan fingerprint density at radius 3 is 2.31 bits per heavy atom. The maximum Gasteiger partial charge on any atom is 0.320 e. The van der Waals surface area contributed by atoms with E-state index in [2.05, 4.69) is 0 Å². The van der Waals surface area contributed by atoms with Crippen molar-refractivity contribution >= 4 is 23.8 Å². The number of rotatable bonds is 6. The van der Waals surface area contributed by atoms with Crippen LogP contribution in [0.15, 0.2) is 30.3 Å². The van der Waals surface area contributed by atoms with E-state index in [-0.39, 0.29) is 13.2 Å². The fraction of sp³-hybridized carbons (Fsp3) is 0.500. The molecule has 2 heterocycles. The molecule has 1 aromatic rings. The number of ether oxygens (including phenoxy) is 4. The molecule has 1 amide bonds. The first-order valence-corrected chi connectivity index (χ1v) is 9.27. The van der Waals surface area contributed by atoms with Gasteiger partial charge in [0.1, 0.15) is 5.92 Å². The highest BCUT2D eigenvalue weighted by Crippen LogP contribution is 2.46. The second-order valence-corrected chi connectivity index (χ2v) is 6.74. The summed E-state index contributed by atoms with van der Waals surface area (Å²) in [6.45, 7) is 1.72. The van der Waals surface area contributed by atoms with Gasteiger partial charge in [0.25, 0.3) is 0 Å². The lowest BCUT2D eigenvalue weighted by Gasteiger charge is -2.26. The van der Waals surface area contributed by atoms with Crippen LogP contribution in [0, 0.1) is 17.8 Å². The largest absolute Gasteiger partial charge is 0.468 e. The van der Waals surface area contributed by atoms with Crippen LogP contribution in [-0.2, 0) is 38.1 Å². The number of nitrogens with zero attached hydrogens (tertiary/aromatic N) is 1. The van der Waals surface area contributed by atoms with Gasteiger partial charge in [0.15, 0.2) is 12.1 Å². The van der Waals surface area contributed by atoms with E-state index < -0.39 is 53.8 Å². The van der Waals surface area contributed by atoms with Crippen molar-refractivity contribution in [1.82, 2.24) is 4.90 Å². The Bertz CT molecular complexity index is 779. The third kappa shape index (κ3) is 3.57. The molecule has 4 atom stereocenters. The Labute approximate surface area is 167 Å². The average Bonchev–Trinajstić information content (AvgIpc) is 3.28. The number of methoxy groups -OCH3 is 2. The molecule has 0 N–H and O–H groups in total. The molecule has 2 aliphatic heterocycles. The second kappa shape index (κ2) is 8.60. The molecular formula is C20H23NO8. The van der Waals surface area contributed by atoms with Crippen LogP contribution in [-0.4, -0.2) is 62.2 Å². The van der Waals surface area contributed by atoms with Gasteiger partial charge in [-0.2, -0.15) is 0 Å². The molecule has 0 saturated carbocycles. The van der Waals surface area contributed by atoms with Crippen LogP contribution in [0.5, 0.6) is 0 Å². The van der Waals surface area contributed by atoms with Gasteiger partial charge in [-0.25, -0.2) is 0 Å². The smallest absolute Gasteiger partial charge is 0.320 e. The van der Waals surface area contributed by atoms with Crippen molar-refractivity contribution in [3.8, 4) is 0 Å². The summed E-state index contributed by atoms with van der Waals surface area (Å²) in [6.07, 6.45) is -0.730. The molecule has 3 rings (SSSR count). The molecule has 0 aliphatic carbocycles. The molecule has 2 fully saturated rings. The quantitative estimate of drug-likeness (QED) is 0.386. The summed E-state index contributed by atoms with van der Waals surface area (Å²) >= 11 is 0. The van der Waals surface area contributed by atoms with Gasteiger partial charge in [-0.1, -0.05) is 30.3 Å². The Hall–Kier alpha value is -2.94. The lowest BCUT2D eigenvalue weighted by Crippen LogP contribution is -2.44. The maximum atomic E-state index is 13.3. The van der Waals surface area contributed by atoms with Gasteiger partial charge in [0, 0.05) is 11.5 Å². The molecule has 2 aliphatic rings. The Balaban J connectivity index is 2.05. The van der Waals surface area contributed by atoms with Crippen LogP contribution < -0.4 is 0 Å². The maximum absolute atomic E-state index is 13.3.